The van der Waals surface area contributed by atoms with Gasteiger partial charge in [0.2, 0.25) is 0 Å². The average Bonchev–Trinajstić information content (AvgIpc) is 2.29. The SMILES string of the molecule is C[C@@H]1C[C@]2(C)C(=O)CCCC[C@@H]2N1.Cl. The molecular formula is C11H20ClNO. The van der Waals surface area contributed by atoms with Crippen LogP contribution < -0.4 is 5.32 Å². The number of carbonyl (C=O) groups is 1. The summed E-state index contributed by atoms with van der Waals surface area (Å²) < 4.78 is 0. The lowest BCUT2D eigenvalue weighted by Crippen LogP contribution is -2.39. The first-order chi connectivity index (χ1) is 6.13. The quantitative estimate of drug-likeness (QED) is 0.675. The number of ketones is 1. The summed E-state index contributed by atoms with van der Waals surface area (Å²) in [6, 6.07) is 0.981. The predicted molar refractivity (Wildman–Crippen MR) is 59.8 cm³/mol. The van der Waals surface area contributed by atoms with Crippen LogP contribution in [-0.4, -0.2) is 17.9 Å². The summed E-state index contributed by atoms with van der Waals surface area (Å²) in [5.74, 6) is 0.492. The van der Waals surface area contributed by atoms with Crippen molar-refractivity contribution < 1.29 is 4.79 Å². The van der Waals surface area contributed by atoms with Crippen LogP contribution in [-0.2, 0) is 4.79 Å². The van der Waals surface area contributed by atoms with Gasteiger partial charge in [0.25, 0.3) is 0 Å². The van der Waals surface area contributed by atoms with Gasteiger partial charge in [-0.15, -0.1) is 12.4 Å². The monoisotopic (exact) mass is 217 g/mol. The van der Waals surface area contributed by atoms with Gasteiger partial charge in [0, 0.05) is 23.9 Å². The molecule has 2 rings (SSSR count). The highest BCUT2D eigenvalue weighted by Gasteiger charge is 2.47. The third kappa shape index (κ3) is 1.82. The Bertz CT molecular complexity index is 231. The van der Waals surface area contributed by atoms with Crippen LogP contribution in [0, 0.1) is 5.41 Å². The summed E-state index contributed by atoms with van der Waals surface area (Å²) in [7, 11) is 0. The van der Waals surface area contributed by atoms with E-state index in [9.17, 15) is 4.79 Å². The lowest BCUT2D eigenvalue weighted by Gasteiger charge is -2.27. The van der Waals surface area contributed by atoms with E-state index >= 15 is 0 Å². The van der Waals surface area contributed by atoms with Gasteiger partial charge in [0.15, 0.2) is 0 Å². The van der Waals surface area contributed by atoms with Crippen molar-refractivity contribution in [2.75, 3.05) is 0 Å². The molecular weight excluding hydrogens is 198 g/mol. The maximum atomic E-state index is 11.9. The van der Waals surface area contributed by atoms with E-state index in [1.165, 1.54) is 12.8 Å². The van der Waals surface area contributed by atoms with Crippen molar-refractivity contribution >= 4 is 18.2 Å². The van der Waals surface area contributed by atoms with Crippen molar-refractivity contribution in [1.29, 1.82) is 0 Å². The van der Waals surface area contributed by atoms with E-state index in [1.54, 1.807) is 0 Å². The third-order valence-electron chi connectivity index (χ3n) is 3.77. The molecule has 1 heterocycles. The molecule has 1 aliphatic heterocycles. The molecule has 0 amide bonds. The van der Waals surface area contributed by atoms with E-state index in [4.69, 9.17) is 0 Å². The molecule has 1 saturated heterocycles. The first kappa shape index (κ1) is 12.0. The van der Waals surface area contributed by atoms with Gasteiger partial charge in [-0.2, -0.15) is 0 Å². The molecule has 1 aliphatic carbocycles. The number of nitrogens with one attached hydrogen (secondary N) is 1. The van der Waals surface area contributed by atoms with Gasteiger partial charge >= 0.3 is 0 Å². The summed E-state index contributed by atoms with van der Waals surface area (Å²) in [6.07, 6.45) is 5.34. The first-order valence-corrected chi connectivity index (χ1v) is 5.42. The minimum absolute atomic E-state index is 0. The number of Topliss-reactive ketones (excluding diaryl/α,β-unsaturated/α-hetero) is 1. The fraction of sp³-hybridized carbons (Fsp3) is 0.909. The highest BCUT2D eigenvalue weighted by Crippen LogP contribution is 2.40. The molecule has 1 N–H and O–H groups in total. The largest absolute Gasteiger partial charge is 0.310 e. The Kier molecular flexibility index (Phi) is 3.59. The minimum atomic E-state index is -0.0457. The van der Waals surface area contributed by atoms with Crippen LogP contribution in [0.5, 0.6) is 0 Å². The molecule has 0 spiro atoms. The number of halogens is 1. The summed E-state index contributed by atoms with van der Waals surface area (Å²) >= 11 is 0. The van der Waals surface area contributed by atoms with Crippen LogP contribution in [0.25, 0.3) is 0 Å². The van der Waals surface area contributed by atoms with Gasteiger partial charge in [-0.25, -0.2) is 0 Å². The van der Waals surface area contributed by atoms with Crippen molar-refractivity contribution in [3.8, 4) is 0 Å². The van der Waals surface area contributed by atoms with Gasteiger partial charge in [-0.1, -0.05) is 13.3 Å². The van der Waals surface area contributed by atoms with Crippen LogP contribution in [0.3, 0.4) is 0 Å². The third-order valence-corrected chi connectivity index (χ3v) is 3.77. The average molecular weight is 218 g/mol. The fourth-order valence-electron chi connectivity index (χ4n) is 2.99. The molecule has 2 fully saturated rings. The molecule has 3 atom stereocenters. The molecule has 2 nitrogen and oxygen atoms in total. The van der Waals surface area contributed by atoms with E-state index < -0.39 is 0 Å². The van der Waals surface area contributed by atoms with Crippen molar-refractivity contribution in [3.05, 3.63) is 0 Å². The summed E-state index contributed by atoms with van der Waals surface area (Å²) in [5.41, 5.74) is -0.0457. The Labute approximate surface area is 92.2 Å². The van der Waals surface area contributed by atoms with Crippen LogP contribution in [0.15, 0.2) is 0 Å². The Morgan fingerprint density at radius 1 is 1.43 bits per heavy atom. The molecule has 0 aromatic heterocycles. The molecule has 0 aromatic rings. The highest BCUT2D eigenvalue weighted by atomic mass is 35.5. The number of hydrogen-bond donors (Lipinski definition) is 1. The van der Waals surface area contributed by atoms with E-state index in [-0.39, 0.29) is 17.8 Å². The van der Waals surface area contributed by atoms with Crippen molar-refractivity contribution in [2.24, 2.45) is 5.41 Å². The highest BCUT2D eigenvalue weighted by molar-refractivity contribution is 5.86. The Hall–Kier alpha value is -0.0800. The molecule has 0 bridgehead atoms. The second kappa shape index (κ2) is 4.19. The molecule has 1 saturated carbocycles. The standard InChI is InChI=1S/C11H19NO.ClH/c1-8-7-11(2)9(12-8)5-3-4-6-10(11)13;/h8-9,12H,3-7H2,1-2H3;1H/t8-,9+,11+;/m1./s1. The molecule has 82 valence electrons. The zero-order valence-corrected chi connectivity index (χ0v) is 9.82. The molecule has 0 unspecified atom stereocenters. The fourth-order valence-corrected chi connectivity index (χ4v) is 2.99. The van der Waals surface area contributed by atoms with E-state index in [0.29, 0.717) is 17.9 Å². The van der Waals surface area contributed by atoms with Crippen molar-refractivity contribution in [1.82, 2.24) is 5.32 Å². The van der Waals surface area contributed by atoms with Crippen molar-refractivity contribution in [3.63, 3.8) is 0 Å². The van der Waals surface area contributed by atoms with Gasteiger partial charge in [0.05, 0.1) is 0 Å². The lowest BCUT2D eigenvalue weighted by molar-refractivity contribution is -0.127. The maximum Gasteiger partial charge on any atom is 0.140 e. The zero-order chi connectivity index (χ0) is 9.47. The maximum absolute atomic E-state index is 11.9. The van der Waals surface area contributed by atoms with Gasteiger partial charge < -0.3 is 5.32 Å². The first-order valence-electron chi connectivity index (χ1n) is 5.42. The Morgan fingerprint density at radius 3 is 2.86 bits per heavy atom. The normalized spacial score (nSPS) is 42.6. The Balaban J connectivity index is 0.000000980. The van der Waals surface area contributed by atoms with E-state index in [0.717, 1.165) is 19.3 Å². The van der Waals surface area contributed by atoms with Crippen LogP contribution in [0.4, 0.5) is 0 Å². The summed E-state index contributed by atoms with van der Waals surface area (Å²) in [6.45, 7) is 4.34. The molecule has 0 aromatic carbocycles. The van der Waals surface area contributed by atoms with Crippen LogP contribution in [0.1, 0.15) is 46.0 Å². The van der Waals surface area contributed by atoms with Gasteiger partial charge in [-0.3, -0.25) is 4.79 Å². The summed E-state index contributed by atoms with van der Waals surface area (Å²) in [4.78, 5) is 11.9. The molecule has 0 radical (unpaired) electrons. The van der Waals surface area contributed by atoms with Gasteiger partial charge in [-0.05, 0) is 26.2 Å². The van der Waals surface area contributed by atoms with Crippen LogP contribution in [0.2, 0.25) is 0 Å². The Morgan fingerprint density at radius 2 is 2.14 bits per heavy atom. The van der Waals surface area contributed by atoms with E-state index in [2.05, 4.69) is 19.2 Å². The minimum Gasteiger partial charge on any atom is -0.310 e. The van der Waals surface area contributed by atoms with Crippen molar-refractivity contribution in [2.45, 2.75) is 58.0 Å². The molecule has 2 aliphatic rings. The second-order valence-electron chi connectivity index (χ2n) is 4.91. The van der Waals surface area contributed by atoms with E-state index in [1.807, 2.05) is 0 Å². The number of fused-ring (bicyclic) bond motifs is 1. The van der Waals surface area contributed by atoms with Crippen LogP contribution >= 0.6 is 12.4 Å². The lowest BCUT2D eigenvalue weighted by atomic mass is 9.77. The molecule has 14 heavy (non-hydrogen) atoms. The van der Waals surface area contributed by atoms with Gasteiger partial charge in [0.1, 0.15) is 5.78 Å². The summed E-state index contributed by atoms with van der Waals surface area (Å²) in [5, 5.41) is 3.55. The number of carbonyl (C=O) groups excluding carboxylic acids is 1. The smallest absolute Gasteiger partial charge is 0.140 e. The zero-order valence-electron chi connectivity index (χ0n) is 9.01. The second-order valence-corrected chi connectivity index (χ2v) is 4.91. The molecule has 3 heteroatoms. The predicted octanol–water partition coefficient (Wildman–Crippen LogP) is 2.31. The number of hydrogen-bond acceptors (Lipinski definition) is 2. The number of rotatable bonds is 0. The topological polar surface area (TPSA) is 29.1 Å².